The first-order chi connectivity index (χ1) is 12.4. The number of aromatic nitrogens is 1. The topological polar surface area (TPSA) is 89.9 Å². The number of hydrogen-bond donors (Lipinski definition) is 1. The van der Waals surface area contributed by atoms with E-state index in [1.165, 1.54) is 19.5 Å². The van der Waals surface area contributed by atoms with Gasteiger partial charge in [-0.3, -0.25) is 4.79 Å². The Morgan fingerprint density at radius 2 is 2.04 bits per heavy atom. The maximum absolute atomic E-state index is 12.0. The van der Waals surface area contributed by atoms with E-state index >= 15 is 0 Å². The van der Waals surface area contributed by atoms with Gasteiger partial charge in [-0.05, 0) is 61.7 Å². The summed E-state index contributed by atoms with van der Waals surface area (Å²) < 4.78 is 11.1. The highest BCUT2D eigenvalue weighted by Crippen LogP contribution is 2.34. The molecule has 0 aliphatic rings. The van der Waals surface area contributed by atoms with Crippen molar-refractivity contribution in [2.45, 2.75) is 0 Å². The number of nitrogens with one attached hydrogen (secondary N) is 1. The highest BCUT2D eigenvalue weighted by Gasteiger charge is 2.12. The third-order valence-corrected chi connectivity index (χ3v) is 4.45. The lowest BCUT2D eigenvalue weighted by atomic mass is 10.2. The minimum atomic E-state index is -0.494. The van der Waals surface area contributed by atoms with Crippen LogP contribution in [0.15, 0.2) is 44.5 Å². The number of benzene rings is 1. The van der Waals surface area contributed by atoms with Crippen LogP contribution < -0.4 is 10.2 Å². The van der Waals surface area contributed by atoms with E-state index < -0.39 is 11.9 Å². The van der Waals surface area contributed by atoms with Crippen molar-refractivity contribution in [3.8, 4) is 5.75 Å². The molecule has 1 N–H and O–H groups in total. The van der Waals surface area contributed by atoms with Gasteiger partial charge in [-0.15, -0.1) is 0 Å². The quantitative estimate of drug-likeness (QED) is 0.281. The minimum Gasteiger partial charge on any atom is -0.480 e. The predicted molar refractivity (Wildman–Crippen MR) is 104 cm³/mol. The fraction of sp³-hybridized carbons (Fsp3) is 0.125. The smallest absolute Gasteiger partial charge is 0.343 e. The summed E-state index contributed by atoms with van der Waals surface area (Å²) in [5.74, 6) is -0.527. The summed E-state index contributed by atoms with van der Waals surface area (Å²) >= 11 is 12.6. The first-order valence-corrected chi connectivity index (χ1v) is 9.01. The largest absolute Gasteiger partial charge is 0.480 e. The number of carbonyl (C=O) groups excluding carboxylic acids is 2. The Labute approximate surface area is 171 Å². The van der Waals surface area contributed by atoms with Crippen LogP contribution in [-0.4, -0.2) is 36.8 Å². The van der Waals surface area contributed by atoms with Gasteiger partial charge in [0.15, 0.2) is 6.61 Å². The Hall–Kier alpha value is -1.97. The van der Waals surface area contributed by atoms with Crippen LogP contribution in [0.25, 0.3) is 0 Å². The Kier molecular flexibility index (Phi) is 7.55. The Bertz CT molecular complexity index is 838. The van der Waals surface area contributed by atoms with E-state index in [1.54, 1.807) is 24.3 Å². The molecule has 26 heavy (non-hydrogen) atoms. The van der Waals surface area contributed by atoms with E-state index in [0.29, 0.717) is 20.3 Å². The molecule has 0 bridgehead atoms. The van der Waals surface area contributed by atoms with Gasteiger partial charge in [-0.1, -0.05) is 11.6 Å². The molecule has 2 rings (SSSR count). The summed E-state index contributed by atoms with van der Waals surface area (Å²) in [7, 11) is 1.28. The number of rotatable bonds is 6. The molecule has 0 unspecified atom stereocenters. The molecule has 1 amide bonds. The molecule has 1 aromatic carbocycles. The predicted octanol–water partition coefficient (Wildman–Crippen LogP) is 3.58. The summed E-state index contributed by atoms with van der Waals surface area (Å²) in [6.45, 7) is -0.219. The molecule has 0 saturated heterocycles. The fourth-order valence-corrected chi connectivity index (χ4v) is 3.42. The van der Waals surface area contributed by atoms with Crippen molar-refractivity contribution in [2.75, 3.05) is 13.7 Å². The monoisotopic (exact) mass is 503 g/mol. The third-order valence-electron chi connectivity index (χ3n) is 2.97. The van der Waals surface area contributed by atoms with Gasteiger partial charge in [-0.2, -0.15) is 5.10 Å². The SMILES string of the molecule is COC(=O)COc1c(Br)cc(C=NNC(=O)c2cccnc2Cl)cc1Br. The van der Waals surface area contributed by atoms with E-state index in [4.69, 9.17) is 16.3 Å². The molecule has 10 heteroatoms. The molecule has 2 aromatic rings. The molecule has 0 fully saturated rings. The highest BCUT2D eigenvalue weighted by atomic mass is 79.9. The molecule has 1 heterocycles. The maximum atomic E-state index is 12.0. The first-order valence-electron chi connectivity index (χ1n) is 7.05. The average Bonchev–Trinajstić information content (AvgIpc) is 2.61. The lowest BCUT2D eigenvalue weighted by Gasteiger charge is -2.10. The molecule has 0 atom stereocenters. The van der Waals surface area contributed by atoms with Crippen molar-refractivity contribution in [3.05, 3.63) is 55.7 Å². The van der Waals surface area contributed by atoms with Crippen molar-refractivity contribution < 1.29 is 19.1 Å². The number of halogens is 3. The van der Waals surface area contributed by atoms with E-state index in [0.717, 1.165) is 0 Å². The summed E-state index contributed by atoms with van der Waals surface area (Å²) in [6, 6.07) is 6.57. The lowest BCUT2D eigenvalue weighted by Crippen LogP contribution is -2.18. The third kappa shape index (κ3) is 5.52. The number of hydrogen-bond acceptors (Lipinski definition) is 6. The van der Waals surface area contributed by atoms with Gasteiger partial charge >= 0.3 is 5.97 Å². The maximum Gasteiger partial charge on any atom is 0.343 e. The number of ether oxygens (including phenoxy) is 2. The second kappa shape index (κ2) is 9.65. The number of hydrazone groups is 1. The molecule has 0 radical (unpaired) electrons. The molecule has 136 valence electrons. The molecular weight excluding hydrogens is 493 g/mol. The molecule has 7 nitrogen and oxygen atoms in total. The second-order valence-electron chi connectivity index (χ2n) is 4.72. The number of pyridine rings is 1. The zero-order valence-electron chi connectivity index (χ0n) is 13.3. The van der Waals surface area contributed by atoms with Gasteiger partial charge in [0.1, 0.15) is 10.9 Å². The number of carbonyl (C=O) groups is 2. The van der Waals surface area contributed by atoms with Crippen LogP contribution in [0.3, 0.4) is 0 Å². The van der Waals surface area contributed by atoms with E-state index in [1.807, 2.05) is 0 Å². The van der Waals surface area contributed by atoms with E-state index in [9.17, 15) is 9.59 Å². The van der Waals surface area contributed by atoms with Crippen molar-refractivity contribution in [1.29, 1.82) is 0 Å². The van der Waals surface area contributed by atoms with E-state index in [-0.39, 0.29) is 17.3 Å². The van der Waals surface area contributed by atoms with Crippen molar-refractivity contribution in [1.82, 2.24) is 10.4 Å². The van der Waals surface area contributed by atoms with Gasteiger partial charge < -0.3 is 9.47 Å². The molecule has 0 spiro atoms. The fourth-order valence-electron chi connectivity index (χ4n) is 1.76. The second-order valence-corrected chi connectivity index (χ2v) is 6.79. The van der Waals surface area contributed by atoms with Crippen LogP contribution in [-0.2, 0) is 9.53 Å². The van der Waals surface area contributed by atoms with Crippen LogP contribution in [0, 0.1) is 0 Å². The molecule has 0 aliphatic heterocycles. The summed E-state index contributed by atoms with van der Waals surface area (Å²) in [5.41, 5.74) is 3.27. The van der Waals surface area contributed by atoms with Gasteiger partial charge in [-0.25, -0.2) is 15.2 Å². The molecule has 0 aliphatic carbocycles. The normalized spacial score (nSPS) is 10.6. The van der Waals surface area contributed by atoms with Crippen LogP contribution in [0.2, 0.25) is 5.15 Å². The zero-order valence-corrected chi connectivity index (χ0v) is 17.3. The first kappa shape index (κ1) is 20.3. The zero-order chi connectivity index (χ0) is 19.1. The molecular formula is C16H12Br2ClN3O4. The van der Waals surface area contributed by atoms with Crippen molar-refractivity contribution in [2.24, 2.45) is 5.10 Å². The van der Waals surface area contributed by atoms with Gasteiger partial charge in [0.25, 0.3) is 5.91 Å². The van der Waals surface area contributed by atoms with Crippen LogP contribution in [0.4, 0.5) is 0 Å². The van der Waals surface area contributed by atoms with Crippen molar-refractivity contribution in [3.63, 3.8) is 0 Å². The van der Waals surface area contributed by atoms with Gasteiger partial charge in [0.2, 0.25) is 0 Å². The van der Waals surface area contributed by atoms with E-state index in [2.05, 4.69) is 52.1 Å². The van der Waals surface area contributed by atoms with Gasteiger partial charge in [0, 0.05) is 6.20 Å². The summed E-state index contributed by atoms with van der Waals surface area (Å²) in [6.07, 6.45) is 2.93. The molecule has 0 saturated carbocycles. The Balaban J connectivity index is 2.05. The lowest BCUT2D eigenvalue weighted by molar-refractivity contribution is -0.142. The summed E-state index contributed by atoms with van der Waals surface area (Å²) in [5, 5.41) is 3.99. The minimum absolute atomic E-state index is 0.0952. The molecule has 1 aromatic heterocycles. The number of nitrogens with zero attached hydrogens (tertiary/aromatic N) is 2. The van der Waals surface area contributed by atoms with Crippen LogP contribution >= 0.6 is 43.5 Å². The Morgan fingerprint density at radius 1 is 1.35 bits per heavy atom. The van der Waals surface area contributed by atoms with Crippen LogP contribution in [0.5, 0.6) is 5.75 Å². The summed E-state index contributed by atoms with van der Waals surface area (Å²) in [4.78, 5) is 27.0. The van der Waals surface area contributed by atoms with Crippen molar-refractivity contribution >= 4 is 61.6 Å². The standard InChI is InChI=1S/C16H12Br2ClN3O4/c1-25-13(23)8-26-14-11(17)5-9(6-12(14)18)7-21-22-16(24)10-3-2-4-20-15(10)19/h2-7H,8H2,1H3,(H,22,24). The van der Waals surface area contributed by atoms with Crippen LogP contribution in [0.1, 0.15) is 15.9 Å². The average molecular weight is 506 g/mol. The highest BCUT2D eigenvalue weighted by molar-refractivity contribution is 9.11. The Morgan fingerprint density at radius 3 is 2.65 bits per heavy atom. The van der Waals surface area contributed by atoms with Gasteiger partial charge in [0.05, 0.1) is 27.8 Å². The number of esters is 1. The number of amides is 1. The number of methoxy groups -OCH3 is 1.